The molecule has 0 fully saturated rings. The summed E-state index contributed by atoms with van der Waals surface area (Å²) in [6.45, 7) is 7.51. The summed E-state index contributed by atoms with van der Waals surface area (Å²) in [4.78, 5) is 16.4. The number of carboxylic acid groups (broad SMARTS) is 1. The largest absolute Gasteiger partial charge is 0.479 e. The van der Waals surface area contributed by atoms with Gasteiger partial charge in [0, 0.05) is 17.6 Å². The monoisotopic (exact) mass is 462 g/mol. The van der Waals surface area contributed by atoms with Crippen LogP contribution in [0.3, 0.4) is 0 Å². The Kier molecular flexibility index (Phi) is 6.04. The fourth-order valence-electron chi connectivity index (χ4n) is 4.08. The number of fused-ring (bicyclic) bond motifs is 1. The molecule has 4 rings (SSSR count). The van der Waals surface area contributed by atoms with Gasteiger partial charge in [-0.05, 0) is 91.1 Å². The van der Waals surface area contributed by atoms with Gasteiger partial charge in [0.25, 0.3) is 0 Å². The summed E-state index contributed by atoms with van der Waals surface area (Å²) in [6.07, 6.45) is 2.55. The van der Waals surface area contributed by atoms with E-state index in [1.54, 1.807) is 6.33 Å². The first-order chi connectivity index (χ1) is 15.5. The van der Waals surface area contributed by atoms with Gasteiger partial charge in [-0.1, -0.05) is 29.8 Å². The summed E-state index contributed by atoms with van der Waals surface area (Å²) in [5, 5.41) is 12.6. The fraction of sp³-hybridized carbons (Fsp3) is 0.259. The minimum atomic E-state index is -1.07. The highest BCUT2D eigenvalue weighted by atomic mass is 35.5. The smallest absolute Gasteiger partial charge is 0.337 e. The molecule has 3 aromatic carbocycles. The van der Waals surface area contributed by atoms with Gasteiger partial charge in [-0.2, -0.15) is 0 Å². The summed E-state index contributed by atoms with van der Waals surface area (Å²) >= 11 is 6.14. The third-order valence-corrected chi connectivity index (χ3v) is 5.84. The summed E-state index contributed by atoms with van der Waals surface area (Å²) in [5.74, 6) is -1.01. The van der Waals surface area contributed by atoms with Gasteiger partial charge >= 0.3 is 5.97 Å². The minimum absolute atomic E-state index is 0.604. The Hall–Kier alpha value is -3.15. The summed E-state index contributed by atoms with van der Waals surface area (Å²) in [5.41, 5.74) is 4.91. The van der Waals surface area contributed by atoms with Crippen LogP contribution in [-0.2, 0) is 16.6 Å². The van der Waals surface area contributed by atoms with E-state index in [2.05, 4.69) is 17.1 Å². The number of benzene rings is 3. The Morgan fingerprint density at radius 1 is 1.09 bits per heavy atom. The maximum absolute atomic E-state index is 12.2. The summed E-state index contributed by atoms with van der Waals surface area (Å²) in [7, 11) is 1.96. The van der Waals surface area contributed by atoms with Crippen molar-refractivity contribution in [1.29, 1.82) is 0 Å². The zero-order valence-electron chi connectivity index (χ0n) is 19.4. The molecule has 1 atom stereocenters. The van der Waals surface area contributed by atoms with Gasteiger partial charge in [0.15, 0.2) is 6.10 Å². The number of hydrogen-bond acceptors (Lipinski definition) is 3. The topological polar surface area (TPSA) is 64.4 Å². The molecule has 0 aliphatic rings. The molecule has 5 nitrogen and oxygen atoms in total. The SMILES string of the molecule is Cc1cc2cc(-c3cncn3C)cc(-c3ccc(Cl)cc3)c2cc1[C@H](OC(C)(C)C)C(=O)O. The third-order valence-electron chi connectivity index (χ3n) is 5.59. The molecule has 1 N–H and O–H groups in total. The first kappa shape index (κ1) is 23.0. The summed E-state index contributed by atoms with van der Waals surface area (Å²) < 4.78 is 7.92. The number of ether oxygens (including phenoxy) is 1. The molecular weight excluding hydrogens is 436 g/mol. The average molecular weight is 463 g/mol. The molecule has 0 amide bonds. The predicted octanol–water partition coefficient (Wildman–Crippen LogP) is 6.81. The van der Waals surface area contributed by atoms with Crippen LogP contribution >= 0.6 is 11.6 Å². The zero-order chi connectivity index (χ0) is 23.9. The van der Waals surface area contributed by atoms with Crippen LogP contribution in [0.25, 0.3) is 33.2 Å². The van der Waals surface area contributed by atoms with Crippen molar-refractivity contribution in [2.45, 2.75) is 39.4 Å². The van der Waals surface area contributed by atoms with E-state index >= 15 is 0 Å². The molecule has 0 radical (unpaired) electrons. The number of hydrogen-bond donors (Lipinski definition) is 1. The Balaban J connectivity index is 2.00. The van der Waals surface area contributed by atoms with E-state index in [1.165, 1.54) is 0 Å². The number of carbonyl (C=O) groups is 1. The van der Waals surface area contributed by atoms with Gasteiger partial charge in [0.05, 0.1) is 23.8 Å². The predicted molar refractivity (Wildman–Crippen MR) is 133 cm³/mol. The lowest BCUT2D eigenvalue weighted by Crippen LogP contribution is -2.27. The number of aryl methyl sites for hydroxylation is 2. The molecule has 0 unspecified atom stereocenters. The highest BCUT2D eigenvalue weighted by Gasteiger charge is 2.28. The van der Waals surface area contributed by atoms with E-state index in [0.717, 1.165) is 38.7 Å². The van der Waals surface area contributed by atoms with Crippen LogP contribution in [0.1, 0.15) is 38.0 Å². The lowest BCUT2D eigenvalue weighted by atomic mass is 9.90. The van der Waals surface area contributed by atoms with Crippen molar-refractivity contribution in [2.24, 2.45) is 7.05 Å². The van der Waals surface area contributed by atoms with E-state index in [-0.39, 0.29) is 0 Å². The number of aromatic nitrogens is 2. The first-order valence-corrected chi connectivity index (χ1v) is 11.1. The van der Waals surface area contributed by atoms with Crippen molar-refractivity contribution in [3.05, 3.63) is 77.2 Å². The van der Waals surface area contributed by atoms with Crippen LogP contribution in [-0.4, -0.2) is 26.2 Å². The molecule has 0 aliphatic heterocycles. The van der Waals surface area contributed by atoms with Gasteiger partial charge in [0.2, 0.25) is 0 Å². The average Bonchev–Trinajstić information content (AvgIpc) is 3.16. The molecule has 170 valence electrons. The zero-order valence-corrected chi connectivity index (χ0v) is 20.1. The van der Waals surface area contributed by atoms with Crippen LogP contribution in [0.15, 0.2) is 61.1 Å². The number of rotatable bonds is 5. The molecule has 0 aliphatic carbocycles. The Morgan fingerprint density at radius 3 is 2.36 bits per heavy atom. The van der Waals surface area contributed by atoms with Crippen LogP contribution in [0.4, 0.5) is 0 Å². The van der Waals surface area contributed by atoms with Crippen molar-refractivity contribution < 1.29 is 14.6 Å². The van der Waals surface area contributed by atoms with Crippen molar-refractivity contribution in [1.82, 2.24) is 9.55 Å². The number of nitrogens with zero attached hydrogens (tertiary/aromatic N) is 2. The van der Waals surface area contributed by atoms with E-state index in [1.807, 2.05) is 81.9 Å². The maximum atomic E-state index is 12.2. The van der Waals surface area contributed by atoms with Crippen molar-refractivity contribution >= 4 is 28.3 Å². The molecule has 1 aromatic heterocycles. The molecule has 0 saturated carbocycles. The molecule has 4 aromatic rings. The molecule has 6 heteroatoms. The number of imidazole rings is 1. The van der Waals surface area contributed by atoms with Crippen LogP contribution in [0, 0.1) is 6.92 Å². The first-order valence-electron chi connectivity index (χ1n) is 10.7. The normalized spacial score (nSPS) is 12.8. The fourth-order valence-corrected chi connectivity index (χ4v) is 4.20. The standard InChI is InChI=1S/C27H27ClN2O3/c1-16-10-18-11-19(24-14-29-15-30(24)5)12-22(17-6-8-20(28)9-7-17)23(18)13-21(16)25(26(31)32)33-27(2,3)4/h6-15,25H,1-5H3,(H,31,32)/t25-/m0/s1. The lowest BCUT2D eigenvalue weighted by Gasteiger charge is -2.26. The van der Waals surface area contributed by atoms with E-state index in [4.69, 9.17) is 16.3 Å². The number of carboxylic acids is 1. The van der Waals surface area contributed by atoms with Crippen molar-refractivity contribution in [3.63, 3.8) is 0 Å². The second kappa shape index (κ2) is 8.65. The molecular formula is C27H27ClN2O3. The molecule has 33 heavy (non-hydrogen) atoms. The van der Waals surface area contributed by atoms with Gasteiger partial charge < -0.3 is 14.4 Å². The van der Waals surface area contributed by atoms with Crippen LogP contribution in [0.5, 0.6) is 0 Å². The van der Waals surface area contributed by atoms with E-state index in [9.17, 15) is 9.90 Å². The maximum Gasteiger partial charge on any atom is 0.337 e. The van der Waals surface area contributed by atoms with Crippen LogP contribution < -0.4 is 0 Å². The Morgan fingerprint density at radius 2 is 1.79 bits per heavy atom. The lowest BCUT2D eigenvalue weighted by molar-refractivity contribution is -0.160. The molecule has 0 spiro atoms. The van der Waals surface area contributed by atoms with Crippen molar-refractivity contribution in [3.8, 4) is 22.4 Å². The third kappa shape index (κ3) is 4.80. The number of halogens is 1. The highest BCUT2D eigenvalue weighted by Crippen LogP contribution is 2.38. The van der Waals surface area contributed by atoms with E-state index in [0.29, 0.717) is 10.6 Å². The van der Waals surface area contributed by atoms with Gasteiger partial charge in [-0.25, -0.2) is 9.78 Å². The molecule has 0 saturated heterocycles. The minimum Gasteiger partial charge on any atom is -0.479 e. The van der Waals surface area contributed by atoms with Crippen LogP contribution in [0.2, 0.25) is 5.02 Å². The molecule has 0 bridgehead atoms. The second-order valence-electron chi connectivity index (χ2n) is 9.30. The number of aliphatic carboxylic acids is 1. The summed E-state index contributed by atoms with van der Waals surface area (Å²) in [6, 6.07) is 15.9. The Labute approximate surface area is 198 Å². The van der Waals surface area contributed by atoms with Gasteiger partial charge in [-0.3, -0.25) is 0 Å². The molecule has 1 heterocycles. The van der Waals surface area contributed by atoms with Gasteiger partial charge in [-0.15, -0.1) is 0 Å². The quantitative estimate of drug-likeness (QED) is 0.354. The highest BCUT2D eigenvalue weighted by molar-refractivity contribution is 6.30. The van der Waals surface area contributed by atoms with Gasteiger partial charge in [0.1, 0.15) is 0 Å². The second-order valence-corrected chi connectivity index (χ2v) is 9.74. The van der Waals surface area contributed by atoms with Crippen molar-refractivity contribution in [2.75, 3.05) is 0 Å². The Bertz CT molecular complexity index is 1330. The van der Waals surface area contributed by atoms with E-state index < -0.39 is 17.7 Å².